The molecule has 0 bridgehead atoms. The summed E-state index contributed by atoms with van der Waals surface area (Å²) in [5, 5.41) is 0.646. The summed E-state index contributed by atoms with van der Waals surface area (Å²) in [5.74, 6) is 0.738. The van der Waals surface area contributed by atoms with Crippen LogP contribution >= 0.6 is 0 Å². The van der Waals surface area contributed by atoms with Gasteiger partial charge in [-0.25, -0.2) is 4.98 Å². The van der Waals surface area contributed by atoms with Crippen molar-refractivity contribution in [2.75, 3.05) is 13.1 Å². The van der Waals surface area contributed by atoms with E-state index in [0.29, 0.717) is 5.39 Å². The van der Waals surface area contributed by atoms with Crippen molar-refractivity contribution in [3.8, 4) is 0 Å². The lowest BCUT2D eigenvalue weighted by atomic mass is 10.2. The molecule has 2 rings (SSSR count). The van der Waals surface area contributed by atoms with E-state index in [-0.39, 0.29) is 11.6 Å². The quantitative estimate of drug-likeness (QED) is 0.899. The van der Waals surface area contributed by atoms with Crippen LogP contribution in [0.25, 0.3) is 10.9 Å². The molecule has 2 aromatic rings. The van der Waals surface area contributed by atoms with Crippen LogP contribution in [0.1, 0.15) is 32.6 Å². The Morgan fingerprint density at radius 1 is 1.28 bits per heavy atom. The van der Waals surface area contributed by atoms with Crippen LogP contribution < -0.4 is 5.56 Å². The first-order valence-electron chi connectivity index (χ1n) is 6.40. The Morgan fingerprint density at radius 2 is 1.94 bits per heavy atom. The Kier molecular flexibility index (Phi) is 3.77. The van der Waals surface area contributed by atoms with E-state index in [1.54, 1.807) is 6.07 Å². The van der Waals surface area contributed by atoms with Crippen molar-refractivity contribution in [1.29, 1.82) is 0 Å². The summed E-state index contributed by atoms with van der Waals surface area (Å²) in [4.78, 5) is 21.7. The van der Waals surface area contributed by atoms with Gasteiger partial charge in [0.25, 0.3) is 5.56 Å². The highest BCUT2D eigenvalue weighted by molar-refractivity contribution is 5.77. The second-order valence-corrected chi connectivity index (χ2v) is 4.37. The third kappa shape index (κ3) is 2.29. The Bertz CT molecular complexity index is 587. The van der Waals surface area contributed by atoms with E-state index in [4.69, 9.17) is 0 Å². The highest BCUT2D eigenvalue weighted by Gasteiger charge is 2.15. The zero-order valence-electron chi connectivity index (χ0n) is 11.1. The lowest BCUT2D eigenvalue weighted by Gasteiger charge is -2.25. The van der Waals surface area contributed by atoms with Crippen LogP contribution in [-0.2, 0) is 0 Å². The molecule has 96 valence electrons. The van der Waals surface area contributed by atoms with Crippen molar-refractivity contribution in [2.45, 2.75) is 26.8 Å². The fourth-order valence-corrected chi connectivity index (χ4v) is 2.25. The van der Waals surface area contributed by atoms with Crippen molar-refractivity contribution in [1.82, 2.24) is 14.9 Å². The average molecular weight is 245 g/mol. The molecule has 1 heterocycles. The molecule has 0 amide bonds. The lowest BCUT2D eigenvalue weighted by molar-refractivity contribution is 0.226. The van der Waals surface area contributed by atoms with E-state index in [1.807, 2.05) is 18.2 Å². The van der Waals surface area contributed by atoms with Crippen molar-refractivity contribution >= 4 is 10.9 Å². The van der Waals surface area contributed by atoms with Gasteiger partial charge >= 0.3 is 0 Å². The van der Waals surface area contributed by atoms with Gasteiger partial charge in [0.2, 0.25) is 0 Å². The zero-order chi connectivity index (χ0) is 13.1. The molecule has 18 heavy (non-hydrogen) atoms. The Labute approximate surface area is 107 Å². The number of rotatable bonds is 4. The highest BCUT2D eigenvalue weighted by Crippen LogP contribution is 2.16. The van der Waals surface area contributed by atoms with Crippen LogP contribution in [0.15, 0.2) is 29.1 Å². The van der Waals surface area contributed by atoms with Crippen LogP contribution in [0.3, 0.4) is 0 Å². The largest absolute Gasteiger partial charge is 0.309 e. The maximum atomic E-state index is 12.0. The second kappa shape index (κ2) is 5.31. The number of hydrogen-bond acceptors (Lipinski definition) is 3. The fraction of sp³-hybridized carbons (Fsp3) is 0.429. The molecule has 4 nitrogen and oxygen atoms in total. The van der Waals surface area contributed by atoms with Gasteiger partial charge in [0.05, 0.1) is 16.9 Å². The van der Waals surface area contributed by atoms with E-state index >= 15 is 0 Å². The number of benzene rings is 1. The number of fused-ring (bicyclic) bond motifs is 1. The van der Waals surface area contributed by atoms with Gasteiger partial charge in [0.1, 0.15) is 5.82 Å². The number of nitrogens with one attached hydrogen (secondary N) is 1. The normalized spacial score (nSPS) is 13.1. The number of hydrogen-bond donors (Lipinski definition) is 1. The molecule has 1 aromatic carbocycles. The van der Waals surface area contributed by atoms with Crippen molar-refractivity contribution < 1.29 is 0 Å². The maximum Gasteiger partial charge on any atom is 0.258 e. The molecular weight excluding hydrogens is 226 g/mol. The summed E-state index contributed by atoms with van der Waals surface area (Å²) in [6.07, 6.45) is 0. The number of para-hydroxylation sites is 1. The molecule has 1 atom stereocenters. The van der Waals surface area contributed by atoms with Crippen LogP contribution in [0.4, 0.5) is 0 Å². The van der Waals surface area contributed by atoms with Gasteiger partial charge in [0.15, 0.2) is 0 Å². The van der Waals surface area contributed by atoms with E-state index in [0.717, 1.165) is 24.4 Å². The molecule has 0 spiro atoms. The number of nitrogens with zero attached hydrogens (tertiary/aromatic N) is 2. The SMILES string of the molecule is CCN(CC)[C@@H](C)c1nc2ccccc2c(=O)[nH]1. The summed E-state index contributed by atoms with van der Waals surface area (Å²) < 4.78 is 0. The molecule has 0 saturated carbocycles. The summed E-state index contributed by atoms with van der Waals surface area (Å²) in [7, 11) is 0. The van der Waals surface area contributed by atoms with Crippen LogP contribution in [0.2, 0.25) is 0 Å². The van der Waals surface area contributed by atoms with Gasteiger partial charge < -0.3 is 4.98 Å². The summed E-state index contributed by atoms with van der Waals surface area (Å²) in [6.45, 7) is 8.17. The van der Waals surface area contributed by atoms with E-state index in [9.17, 15) is 4.79 Å². The maximum absolute atomic E-state index is 12.0. The zero-order valence-corrected chi connectivity index (χ0v) is 11.1. The number of aromatic nitrogens is 2. The Balaban J connectivity index is 2.49. The van der Waals surface area contributed by atoms with Gasteiger partial charge in [-0.1, -0.05) is 26.0 Å². The molecule has 4 heteroatoms. The number of H-pyrrole nitrogens is 1. The monoisotopic (exact) mass is 245 g/mol. The van der Waals surface area contributed by atoms with Crippen molar-refractivity contribution in [3.05, 3.63) is 40.4 Å². The molecule has 0 saturated heterocycles. The van der Waals surface area contributed by atoms with E-state index in [2.05, 4.69) is 35.6 Å². The summed E-state index contributed by atoms with van der Waals surface area (Å²) in [6, 6.07) is 7.56. The van der Waals surface area contributed by atoms with Crippen LogP contribution in [0.5, 0.6) is 0 Å². The van der Waals surface area contributed by atoms with Gasteiger partial charge in [-0.2, -0.15) is 0 Å². The average Bonchev–Trinajstić information content (AvgIpc) is 2.40. The minimum Gasteiger partial charge on any atom is -0.309 e. The standard InChI is InChI=1S/C14H19N3O/c1-4-17(5-2)10(3)13-15-12-9-7-6-8-11(12)14(18)16-13/h6-10H,4-5H2,1-3H3,(H,15,16,18)/t10-/m0/s1. The second-order valence-electron chi connectivity index (χ2n) is 4.37. The molecule has 0 aliphatic rings. The van der Waals surface area contributed by atoms with E-state index < -0.39 is 0 Å². The fourth-order valence-electron chi connectivity index (χ4n) is 2.25. The summed E-state index contributed by atoms with van der Waals surface area (Å²) in [5.41, 5.74) is 0.699. The van der Waals surface area contributed by atoms with Crippen LogP contribution in [0, 0.1) is 0 Å². The first-order chi connectivity index (χ1) is 8.67. The minimum absolute atomic E-state index is 0.0605. The van der Waals surface area contributed by atoms with Crippen LogP contribution in [-0.4, -0.2) is 28.0 Å². The molecule has 0 aliphatic carbocycles. The Morgan fingerprint density at radius 3 is 2.61 bits per heavy atom. The van der Waals surface area contributed by atoms with Gasteiger partial charge in [0, 0.05) is 0 Å². The highest BCUT2D eigenvalue weighted by atomic mass is 16.1. The third-order valence-electron chi connectivity index (χ3n) is 3.39. The minimum atomic E-state index is -0.0605. The first-order valence-corrected chi connectivity index (χ1v) is 6.40. The third-order valence-corrected chi connectivity index (χ3v) is 3.39. The van der Waals surface area contributed by atoms with Gasteiger partial charge in [-0.15, -0.1) is 0 Å². The summed E-state index contributed by atoms with van der Waals surface area (Å²) >= 11 is 0. The van der Waals surface area contributed by atoms with Crippen molar-refractivity contribution in [3.63, 3.8) is 0 Å². The molecule has 1 aromatic heterocycles. The predicted octanol–water partition coefficient (Wildman–Crippen LogP) is 2.33. The van der Waals surface area contributed by atoms with Gasteiger partial charge in [-0.3, -0.25) is 9.69 Å². The smallest absolute Gasteiger partial charge is 0.258 e. The molecule has 0 fully saturated rings. The predicted molar refractivity (Wildman–Crippen MR) is 73.7 cm³/mol. The molecule has 0 aliphatic heterocycles. The molecule has 0 unspecified atom stereocenters. The molecular formula is C14H19N3O. The van der Waals surface area contributed by atoms with Gasteiger partial charge in [-0.05, 0) is 32.1 Å². The molecule has 0 radical (unpaired) electrons. The van der Waals surface area contributed by atoms with E-state index in [1.165, 1.54) is 0 Å². The van der Waals surface area contributed by atoms with Crippen molar-refractivity contribution in [2.24, 2.45) is 0 Å². The number of aromatic amines is 1. The first kappa shape index (κ1) is 12.8. The lowest BCUT2D eigenvalue weighted by Crippen LogP contribution is -2.29. The topological polar surface area (TPSA) is 49.0 Å². The Hall–Kier alpha value is -1.68. The molecule has 1 N–H and O–H groups in total.